The van der Waals surface area contributed by atoms with Gasteiger partial charge in [-0.15, -0.1) is 0 Å². The van der Waals surface area contributed by atoms with Crippen molar-refractivity contribution >= 4 is 29.1 Å². The Morgan fingerprint density at radius 3 is 2.73 bits per heavy atom. The number of nitrogens with two attached hydrogens (primary N) is 1. The van der Waals surface area contributed by atoms with Crippen molar-refractivity contribution in [1.29, 1.82) is 0 Å². The molecule has 1 atom stereocenters. The summed E-state index contributed by atoms with van der Waals surface area (Å²) in [6, 6.07) is 4.75. The molecule has 1 aromatic carbocycles. The molecule has 1 unspecified atom stereocenters. The van der Waals surface area contributed by atoms with E-state index in [4.69, 9.17) is 22.1 Å². The van der Waals surface area contributed by atoms with Crippen LogP contribution >= 0.6 is 11.6 Å². The quantitative estimate of drug-likeness (QED) is 0.634. The Hall–Kier alpha value is -1.63. The number of carbonyl (C=O) groups excluding carboxylic acids is 2. The summed E-state index contributed by atoms with van der Waals surface area (Å²) >= 11 is 6.08. The minimum atomic E-state index is -0.281. The van der Waals surface area contributed by atoms with Crippen molar-refractivity contribution in [2.24, 2.45) is 5.73 Å². The van der Waals surface area contributed by atoms with Crippen LogP contribution in [0, 0.1) is 0 Å². The second-order valence-electron chi connectivity index (χ2n) is 5.01. The number of rotatable bonds is 8. The Morgan fingerprint density at radius 2 is 2.14 bits per heavy atom. The van der Waals surface area contributed by atoms with Gasteiger partial charge in [-0.3, -0.25) is 9.59 Å². The van der Waals surface area contributed by atoms with E-state index in [1.165, 1.54) is 0 Å². The number of hydrogen-bond donors (Lipinski definition) is 3. The SMILES string of the molecule is COCCNC(=O)c1ccc(NC(=O)CCC(C)N)cc1Cl. The highest BCUT2D eigenvalue weighted by molar-refractivity contribution is 6.34. The zero-order chi connectivity index (χ0) is 16.5. The number of halogens is 1. The maximum atomic E-state index is 11.9. The van der Waals surface area contributed by atoms with E-state index in [-0.39, 0.29) is 22.9 Å². The first-order chi connectivity index (χ1) is 10.4. The van der Waals surface area contributed by atoms with Crippen LogP contribution in [0.25, 0.3) is 0 Å². The van der Waals surface area contributed by atoms with Gasteiger partial charge in [-0.1, -0.05) is 11.6 Å². The smallest absolute Gasteiger partial charge is 0.252 e. The molecular weight excluding hydrogens is 306 g/mol. The van der Waals surface area contributed by atoms with Crippen LogP contribution in [0.2, 0.25) is 5.02 Å². The Morgan fingerprint density at radius 1 is 1.41 bits per heavy atom. The van der Waals surface area contributed by atoms with Crippen molar-refractivity contribution in [2.75, 3.05) is 25.6 Å². The molecule has 1 aromatic rings. The molecule has 6 nitrogen and oxygen atoms in total. The van der Waals surface area contributed by atoms with Crippen molar-refractivity contribution in [2.45, 2.75) is 25.8 Å². The summed E-state index contributed by atoms with van der Waals surface area (Å²) < 4.78 is 4.86. The Balaban J connectivity index is 2.61. The summed E-state index contributed by atoms with van der Waals surface area (Å²) in [5.41, 5.74) is 6.51. The zero-order valence-corrected chi connectivity index (χ0v) is 13.6. The van der Waals surface area contributed by atoms with Crippen LogP contribution in [0.3, 0.4) is 0 Å². The third kappa shape index (κ3) is 6.43. The first kappa shape index (κ1) is 18.4. The molecule has 0 radical (unpaired) electrons. The fourth-order valence-electron chi connectivity index (χ4n) is 1.72. The highest BCUT2D eigenvalue weighted by atomic mass is 35.5. The molecule has 0 aliphatic rings. The number of benzene rings is 1. The zero-order valence-electron chi connectivity index (χ0n) is 12.8. The third-order valence-electron chi connectivity index (χ3n) is 2.92. The molecule has 0 spiro atoms. The molecule has 0 aliphatic carbocycles. The average molecular weight is 328 g/mol. The molecule has 0 saturated carbocycles. The molecule has 1 rings (SSSR count). The maximum absolute atomic E-state index is 11.9. The highest BCUT2D eigenvalue weighted by Gasteiger charge is 2.11. The minimum absolute atomic E-state index is 0.0208. The molecule has 0 heterocycles. The lowest BCUT2D eigenvalue weighted by Gasteiger charge is -2.10. The summed E-state index contributed by atoms with van der Waals surface area (Å²) in [4.78, 5) is 23.6. The number of anilines is 1. The maximum Gasteiger partial charge on any atom is 0.252 e. The Kier molecular flexibility index (Phi) is 7.87. The lowest BCUT2D eigenvalue weighted by molar-refractivity contribution is -0.116. The summed E-state index contributed by atoms with van der Waals surface area (Å²) in [7, 11) is 1.56. The monoisotopic (exact) mass is 327 g/mol. The average Bonchev–Trinajstić information content (AvgIpc) is 2.45. The van der Waals surface area contributed by atoms with Gasteiger partial charge >= 0.3 is 0 Å². The van der Waals surface area contributed by atoms with E-state index >= 15 is 0 Å². The van der Waals surface area contributed by atoms with Crippen LogP contribution in [0.1, 0.15) is 30.1 Å². The van der Waals surface area contributed by atoms with Crippen molar-refractivity contribution in [3.05, 3.63) is 28.8 Å². The first-order valence-electron chi connectivity index (χ1n) is 7.06. The van der Waals surface area contributed by atoms with Crippen LogP contribution in [0.4, 0.5) is 5.69 Å². The number of nitrogens with one attached hydrogen (secondary N) is 2. The van der Waals surface area contributed by atoms with Gasteiger partial charge in [0, 0.05) is 31.8 Å². The van der Waals surface area contributed by atoms with Gasteiger partial charge in [-0.2, -0.15) is 0 Å². The molecule has 2 amide bonds. The van der Waals surface area contributed by atoms with E-state index in [9.17, 15) is 9.59 Å². The highest BCUT2D eigenvalue weighted by Crippen LogP contribution is 2.21. The van der Waals surface area contributed by atoms with Crippen molar-refractivity contribution < 1.29 is 14.3 Å². The van der Waals surface area contributed by atoms with Crippen LogP contribution in [-0.4, -0.2) is 38.1 Å². The molecule has 22 heavy (non-hydrogen) atoms. The first-order valence-corrected chi connectivity index (χ1v) is 7.44. The molecule has 0 bridgehead atoms. The van der Waals surface area contributed by atoms with E-state index in [1.807, 2.05) is 6.92 Å². The number of ether oxygens (including phenoxy) is 1. The van der Waals surface area contributed by atoms with E-state index < -0.39 is 0 Å². The van der Waals surface area contributed by atoms with Gasteiger partial charge in [0.25, 0.3) is 5.91 Å². The fourth-order valence-corrected chi connectivity index (χ4v) is 1.99. The molecule has 0 saturated heterocycles. The predicted molar refractivity (Wildman–Crippen MR) is 87.2 cm³/mol. The van der Waals surface area contributed by atoms with Crippen molar-refractivity contribution in [3.8, 4) is 0 Å². The fraction of sp³-hybridized carbons (Fsp3) is 0.467. The lowest BCUT2D eigenvalue weighted by Crippen LogP contribution is -2.27. The molecular formula is C15H22ClN3O3. The topological polar surface area (TPSA) is 93.5 Å². The minimum Gasteiger partial charge on any atom is -0.383 e. The predicted octanol–water partition coefficient (Wildman–Crippen LogP) is 1.78. The molecule has 122 valence electrons. The van der Waals surface area contributed by atoms with Crippen molar-refractivity contribution in [1.82, 2.24) is 5.32 Å². The third-order valence-corrected chi connectivity index (χ3v) is 3.23. The number of carbonyl (C=O) groups is 2. The standard InChI is InChI=1S/C15H22ClN3O3/c1-10(17)3-6-14(20)19-11-4-5-12(13(16)9-11)15(21)18-7-8-22-2/h4-5,9-10H,3,6-8,17H2,1-2H3,(H,18,21)(H,19,20). The van der Waals surface area contributed by atoms with E-state index in [2.05, 4.69) is 10.6 Å². The largest absolute Gasteiger partial charge is 0.383 e. The normalized spacial score (nSPS) is 11.8. The van der Waals surface area contributed by atoms with Crippen LogP contribution < -0.4 is 16.4 Å². The van der Waals surface area contributed by atoms with Crippen molar-refractivity contribution in [3.63, 3.8) is 0 Å². The molecule has 7 heteroatoms. The summed E-state index contributed by atoms with van der Waals surface area (Å²) in [5, 5.41) is 5.69. The van der Waals surface area contributed by atoms with Gasteiger partial charge in [-0.05, 0) is 31.5 Å². The summed E-state index contributed by atoms with van der Waals surface area (Å²) in [6.45, 7) is 2.68. The van der Waals surface area contributed by atoms with E-state index in [1.54, 1.807) is 25.3 Å². The van der Waals surface area contributed by atoms with Crippen LogP contribution in [0.15, 0.2) is 18.2 Å². The number of hydrogen-bond acceptors (Lipinski definition) is 4. The van der Waals surface area contributed by atoms with Gasteiger partial charge in [0.1, 0.15) is 0 Å². The van der Waals surface area contributed by atoms with Gasteiger partial charge in [0.2, 0.25) is 5.91 Å². The Labute approximate surface area is 135 Å². The lowest BCUT2D eigenvalue weighted by atomic mass is 10.1. The molecule has 4 N–H and O–H groups in total. The second-order valence-corrected chi connectivity index (χ2v) is 5.41. The van der Waals surface area contributed by atoms with Crippen LogP contribution in [-0.2, 0) is 9.53 Å². The van der Waals surface area contributed by atoms with Gasteiger partial charge < -0.3 is 21.1 Å². The Bertz CT molecular complexity index is 521. The van der Waals surface area contributed by atoms with Gasteiger partial charge in [0.05, 0.1) is 17.2 Å². The number of methoxy groups -OCH3 is 1. The molecule has 0 aliphatic heterocycles. The van der Waals surface area contributed by atoms with E-state index in [0.29, 0.717) is 37.2 Å². The summed E-state index contributed by atoms with van der Waals surface area (Å²) in [5.74, 6) is -0.414. The van der Waals surface area contributed by atoms with E-state index in [0.717, 1.165) is 0 Å². The number of amides is 2. The molecule has 0 fully saturated rings. The van der Waals surface area contributed by atoms with Gasteiger partial charge in [0.15, 0.2) is 0 Å². The summed E-state index contributed by atoms with van der Waals surface area (Å²) in [6.07, 6.45) is 0.952. The van der Waals surface area contributed by atoms with Gasteiger partial charge in [-0.25, -0.2) is 0 Å². The van der Waals surface area contributed by atoms with Crippen LogP contribution in [0.5, 0.6) is 0 Å². The second kappa shape index (κ2) is 9.40. The molecule has 0 aromatic heterocycles.